The summed E-state index contributed by atoms with van der Waals surface area (Å²) in [5.74, 6) is 1.45. The Hall–Kier alpha value is -1.87. The molecule has 0 aliphatic rings. The number of nitrogens with two attached hydrogens (primary N) is 1. The highest BCUT2D eigenvalue weighted by atomic mass is 16.5. The van der Waals surface area contributed by atoms with Gasteiger partial charge in [0.25, 0.3) is 0 Å². The van der Waals surface area contributed by atoms with E-state index in [-0.39, 0.29) is 0 Å². The van der Waals surface area contributed by atoms with E-state index in [9.17, 15) is 0 Å². The van der Waals surface area contributed by atoms with Gasteiger partial charge in [-0.25, -0.2) is 4.98 Å². The Morgan fingerprint density at radius 3 is 2.35 bits per heavy atom. The van der Waals surface area contributed by atoms with Crippen molar-refractivity contribution in [2.45, 2.75) is 40.2 Å². The molecule has 2 aromatic rings. The van der Waals surface area contributed by atoms with Gasteiger partial charge in [-0.1, -0.05) is 19.4 Å². The molecule has 1 aromatic carbocycles. The molecule has 0 fully saturated rings. The predicted octanol–water partition coefficient (Wildman–Crippen LogP) is 3.90. The summed E-state index contributed by atoms with van der Waals surface area (Å²) in [5.41, 5.74) is 10.2. The number of ether oxygens (including phenoxy) is 1. The van der Waals surface area contributed by atoms with Crippen molar-refractivity contribution in [2.24, 2.45) is 5.73 Å². The Labute approximate surface area is 120 Å². The number of pyridine rings is 1. The first-order chi connectivity index (χ1) is 9.60. The van der Waals surface area contributed by atoms with Gasteiger partial charge in [0.15, 0.2) is 0 Å². The fraction of sp³-hybridized carbons (Fsp3) is 0.353. The van der Waals surface area contributed by atoms with E-state index in [4.69, 9.17) is 10.5 Å². The molecule has 106 valence electrons. The topological polar surface area (TPSA) is 48.1 Å². The molecule has 3 nitrogen and oxygen atoms in total. The average molecular weight is 270 g/mol. The number of hydrogen-bond acceptors (Lipinski definition) is 3. The Balaban J connectivity index is 2.29. The van der Waals surface area contributed by atoms with E-state index in [0.717, 1.165) is 29.8 Å². The van der Waals surface area contributed by atoms with Gasteiger partial charge in [0.1, 0.15) is 5.75 Å². The van der Waals surface area contributed by atoms with E-state index in [0.29, 0.717) is 12.4 Å². The standard InChI is InChI=1S/C17H22N2O/c1-4-5-15-9-14(11-18)10-17(19-15)20-16-7-12(2)6-13(3)8-16/h6-10H,4-5,11,18H2,1-3H3. The monoisotopic (exact) mass is 270 g/mol. The van der Waals surface area contributed by atoms with Crippen LogP contribution >= 0.6 is 0 Å². The average Bonchev–Trinajstić information content (AvgIpc) is 2.37. The molecule has 0 aliphatic heterocycles. The van der Waals surface area contributed by atoms with Crippen molar-refractivity contribution in [3.63, 3.8) is 0 Å². The molecule has 0 bridgehead atoms. The van der Waals surface area contributed by atoms with Crippen molar-refractivity contribution < 1.29 is 4.74 Å². The molecule has 3 heteroatoms. The van der Waals surface area contributed by atoms with Crippen LogP contribution in [0.25, 0.3) is 0 Å². The third kappa shape index (κ3) is 3.81. The number of benzene rings is 1. The quantitative estimate of drug-likeness (QED) is 0.896. The summed E-state index contributed by atoms with van der Waals surface area (Å²) in [6.45, 7) is 6.77. The molecule has 1 aromatic heterocycles. The molecule has 2 rings (SSSR count). The van der Waals surface area contributed by atoms with E-state index in [1.165, 1.54) is 11.1 Å². The van der Waals surface area contributed by atoms with Crippen LogP contribution in [-0.4, -0.2) is 4.98 Å². The molecule has 0 unspecified atom stereocenters. The fourth-order valence-corrected chi connectivity index (χ4v) is 2.29. The van der Waals surface area contributed by atoms with Gasteiger partial charge in [-0.3, -0.25) is 0 Å². The van der Waals surface area contributed by atoms with Gasteiger partial charge in [0.2, 0.25) is 5.88 Å². The molecule has 0 amide bonds. The maximum atomic E-state index is 5.90. The summed E-state index contributed by atoms with van der Waals surface area (Å²) >= 11 is 0. The molecular formula is C17H22N2O. The van der Waals surface area contributed by atoms with Crippen molar-refractivity contribution in [1.29, 1.82) is 0 Å². The third-order valence-electron chi connectivity index (χ3n) is 3.07. The third-order valence-corrected chi connectivity index (χ3v) is 3.07. The van der Waals surface area contributed by atoms with Crippen LogP contribution < -0.4 is 10.5 Å². The first-order valence-electron chi connectivity index (χ1n) is 7.06. The minimum Gasteiger partial charge on any atom is -0.439 e. The van der Waals surface area contributed by atoms with Crippen LogP contribution in [0.5, 0.6) is 11.6 Å². The van der Waals surface area contributed by atoms with Crippen molar-refractivity contribution >= 4 is 0 Å². The normalized spacial score (nSPS) is 10.6. The number of nitrogens with zero attached hydrogens (tertiary/aromatic N) is 1. The summed E-state index contributed by atoms with van der Waals surface area (Å²) in [7, 11) is 0. The van der Waals surface area contributed by atoms with Crippen LogP contribution in [0.4, 0.5) is 0 Å². The highest BCUT2D eigenvalue weighted by Gasteiger charge is 2.05. The summed E-state index contributed by atoms with van der Waals surface area (Å²) in [5, 5.41) is 0. The first-order valence-corrected chi connectivity index (χ1v) is 7.06. The SMILES string of the molecule is CCCc1cc(CN)cc(Oc2cc(C)cc(C)c2)n1. The molecule has 0 saturated heterocycles. The smallest absolute Gasteiger partial charge is 0.219 e. The van der Waals surface area contributed by atoms with Gasteiger partial charge in [0, 0.05) is 18.3 Å². The Morgan fingerprint density at radius 1 is 1.05 bits per heavy atom. The number of rotatable bonds is 5. The van der Waals surface area contributed by atoms with Gasteiger partial charge in [-0.15, -0.1) is 0 Å². The Bertz CT molecular complexity index is 573. The van der Waals surface area contributed by atoms with Crippen molar-refractivity contribution in [3.8, 4) is 11.6 Å². The van der Waals surface area contributed by atoms with Crippen molar-refractivity contribution in [1.82, 2.24) is 4.98 Å². The fourth-order valence-electron chi connectivity index (χ4n) is 2.29. The van der Waals surface area contributed by atoms with Crippen LogP contribution in [0, 0.1) is 13.8 Å². The lowest BCUT2D eigenvalue weighted by Crippen LogP contribution is -2.01. The summed E-state index contributed by atoms with van der Waals surface area (Å²) < 4.78 is 5.90. The second-order valence-electron chi connectivity index (χ2n) is 5.18. The Kier molecular flexibility index (Phi) is 4.74. The van der Waals surface area contributed by atoms with Crippen LogP contribution in [0.15, 0.2) is 30.3 Å². The second-order valence-corrected chi connectivity index (χ2v) is 5.18. The highest BCUT2D eigenvalue weighted by molar-refractivity contribution is 5.36. The van der Waals surface area contributed by atoms with Gasteiger partial charge in [-0.05, 0) is 55.2 Å². The second kappa shape index (κ2) is 6.53. The highest BCUT2D eigenvalue weighted by Crippen LogP contribution is 2.24. The maximum Gasteiger partial charge on any atom is 0.219 e. The van der Waals surface area contributed by atoms with Crippen LogP contribution in [0.3, 0.4) is 0 Å². The van der Waals surface area contributed by atoms with Gasteiger partial charge in [-0.2, -0.15) is 0 Å². The minimum absolute atomic E-state index is 0.502. The molecule has 0 atom stereocenters. The molecule has 0 radical (unpaired) electrons. The van der Waals surface area contributed by atoms with Crippen molar-refractivity contribution in [3.05, 3.63) is 52.7 Å². The predicted molar refractivity (Wildman–Crippen MR) is 82.1 cm³/mol. The number of aromatic nitrogens is 1. The van der Waals surface area contributed by atoms with Gasteiger partial charge >= 0.3 is 0 Å². The Morgan fingerprint density at radius 2 is 1.75 bits per heavy atom. The molecule has 0 spiro atoms. The first kappa shape index (κ1) is 14.5. The number of aryl methyl sites for hydroxylation is 3. The van der Waals surface area contributed by atoms with E-state index >= 15 is 0 Å². The van der Waals surface area contributed by atoms with E-state index < -0.39 is 0 Å². The van der Waals surface area contributed by atoms with Crippen LogP contribution in [0.2, 0.25) is 0 Å². The van der Waals surface area contributed by atoms with E-state index in [2.05, 4.69) is 37.9 Å². The lowest BCUT2D eigenvalue weighted by atomic mass is 10.1. The van der Waals surface area contributed by atoms with Crippen molar-refractivity contribution in [2.75, 3.05) is 0 Å². The minimum atomic E-state index is 0.502. The zero-order valence-electron chi connectivity index (χ0n) is 12.4. The summed E-state index contributed by atoms with van der Waals surface area (Å²) in [6, 6.07) is 10.1. The molecule has 20 heavy (non-hydrogen) atoms. The molecule has 2 N–H and O–H groups in total. The lowest BCUT2D eigenvalue weighted by molar-refractivity contribution is 0.459. The zero-order chi connectivity index (χ0) is 14.5. The number of hydrogen-bond donors (Lipinski definition) is 1. The lowest BCUT2D eigenvalue weighted by Gasteiger charge is -2.10. The zero-order valence-corrected chi connectivity index (χ0v) is 12.4. The molecule has 0 aliphatic carbocycles. The van der Waals surface area contributed by atoms with E-state index in [1.807, 2.05) is 18.2 Å². The largest absolute Gasteiger partial charge is 0.439 e. The maximum absolute atomic E-state index is 5.90. The van der Waals surface area contributed by atoms with Gasteiger partial charge in [0.05, 0.1) is 0 Å². The molecule has 0 saturated carbocycles. The summed E-state index contributed by atoms with van der Waals surface area (Å²) in [4.78, 5) is 4.55. The molecular weight excluding hydrogens is 248 g/mol. The summed E-state index contributed by atoms with van der Waals surface area (Å²) in [6.07, 6.45) is 2.00. The van der Waals surface area contributed by atoms with E-state index in [1.54, 1.807) is 0 Å². The van der Waals surface area contributed by atoms with Crippen LogP contribution in [-0.2, 0) is 13.0 Å². The van der Waals surface area contributed by atoms with Crippen LogP contribution in [0.1, 0.15) is 35.7 Å². The molecule has 1 heterocycles. The van der Waals surface area contributed by atoms with Gasteiger partial charge < -0.3 is 10.5 Å².